The summed E-state index contributed by atoms with van der Waals surface area (Å²) in [6, 6.07) is 12.3. The molecule has 180 valence electrons. The van der Waals surface area contributed by atoms with E-state index in [-0.39, 0.29) is 5.91 Å². The van der Waals surface area contributed by atoms with Gasteiger partial charge >= 0.3 is 0 Å². The van der Waals surface area contributed by atoms with Gasteiger partial charge < -0.3 is 19.5 Å². The van der Waals surface area contributed by atoms with Crippen molar-refractivity contribution in [2.24, 2.45) is 4.99 Å². The van der Waals surface area contributed by atoms with Gasteiger partial charge in [-0.1, -0.05) is 6.92 Å². The number of guanidine groups is 1. The molecule has 0 fully saturated rings. The van der Waals surface area contributed by atoms with Crippen LogP contribution in [0, 0.1) is 6.92 Å². The summed E-state index contributed by atoms with van der Waals surface area (Å²) in [4.78, 5) is 17.7. The molecule has 0 aliphatic rings. The normalized spacial score (nSPS) is 11.1. The molecule has 3 rings (SSSR count). The Hall–Kier alpha value is -4.01. The van der Waals surface area contributed by atoms with Crippen LogP contribution in [0.4, 0.5) is 5.69 Å². The van der Waals surface area contributed by atoms with Crippen LogP contribution in [0.5, 0.6) is 17.2 Å². The van der Waals surface area contributed by atoms with Crippen LogP contribution in [0.2, 0.25) is 0 Å². The maximum absolute atomic E-state index is 13.0. The van der Waals surface area contributed by atoms with E-state index in [0.29, 0.717) is 29.6 Å². The molecular formula is C25H31N5O4. The number of carbonyl (C=O) groups excluding carboxylic acids is 1. The molecule has 2 aromatic carbocycles. The number of methoxy groups -OCH3 is 3. The fourth-order valence-electron chi connectivity index (χ4n) is 3.30. The first-order chi connectivity index (χ1) is 16.5. The predicted octanol–water partition coefficient (Wildman–Crippen LogP) is 4.03. The smallest absolute Gasteiger partial charge is 0.258 e. The summed E-state index contributed by atoms with van der Waals surface area (Å²) in [7, 11) is 4.68. The lowest BCUT2D eigenvalue weighted by Gasteiger charge is -2.13. The summed E-state index contributed by atoms with van der Waals surface area (Å²) < 4.78 is 17.7. The van der Waals surface area contributed by atoms with Gasteiger partial charge in [-0.05, 0) is 55.8 Å². The fraction of sp³-hybridized carbons (Fsp3) is 0.320. The van der Waals surface area contributed by atoms with Gasteiger partial charge in [0.05, 0.1) is 33.6 Å². The Morgan fingerprint density at radius 3 is 2.41 bits per heavy atom. The van der Waals surface area contributed by atoms with Crippen LogP contribution < -0.4 is 24.8 Å². The molecule has 0 saturated heterocycles. The number of amides is 1. The quantitative estimate of drug-likeness (QED) is 0.366. The Bertz CT molecular complexity index is 1140. The molecule has 34 heavy (non-hydrogen) atoms. The third-order valence-corrected chi connectivity index (χ3v) is 5.14. The highest BCUT2D eigenvalue weighted by atomic mass is 16.5. The lowest BCUT2D eigenvalue weighted by molar-refractivity contribution is 0.0976. The molecule has 0 unspecified atom stereocenters. The summed E-state index contributed by atoms with van der Waals surface area (Å²) in [5.41, 5.74) is 3.06. The number of anilines is 1. The number of benzene rings is 2. The molecule has 1 heterocycles. The van der Waals surface area contributed by atoms with E-state index in [1.165, 1.54) is 7.11 Å². The van der Waals surface area contributed by atoms with Crippen molar-refractivity contribution >= 4 is 17.6 Å². The molecule has 0 saturated carbocycles. The number of nitrogens with one attached hydrogen (secondary N) is 2. The van der Waals surface area contributed by atoms with Crippen molar-refractivity contribution < 1.29 is 19.0 Å². The van der Waals surface area contributed by atoms with Crippen molar-refractivity contribution in [3.8, 4) is 17.2 Å². The highest BCUT2D eigenvalue weighted by molar-refractivity contribution is 6.10. The first-order valence-electron chi connectivity index (χ1n) is 11.0. The number of ether oxygens (including phenoxy) is 3. The van der Waals surface area contributed by atoms with Crippen LogP contribution in [-0.4, -0.2) is 43.0 Å². The van der Waals surface area contributed by atoms with Crippen molar-refractivity contribution in [3.05, 3.63) is 65.5 Å². The predicted molar refractivity (Wildman–Crippen MR) is 132 cm³/mol. The van der Waals surface area contributed by atoms with Crippen LogP contribution in [-0.2, 0) is 13.1 Å². The molecule has 0 bridgehead atoms. The largest absolute Gasteiger partial charge is 0.497 e. The number of aryl methyl sites for hydroxylation is 2. The zero-order valence-corrected chi connectivity index (χ0v) is 20.2. The minimum absolute atomic E-state index is 0.313. The number of nitrogens with zero attached hydrogens (tertiary/aromatic N) is 3. The Kier molecular flexibility index (Phi) is 8.50. The van der Waals surface area contributed by atoms with E-state index < -0.39 is 0 Å². The SMILES string of the molecule is CCCn1cc(CN=C(NC(=O)c2ccc(OC)c(OC)c2)Nc2ccc(OC)cc2)c(C)n1. The standard InChI is InChI=1S/C25H31N5O4/c1-6-13-30-16-19(17(2)29-30)15-26-25(27-20-8-10-21(32-3)11-9-20)28-24(31)18-7-12-22(33-4)23(14-18)34-5/h7-12,14,16H,6,13,15H2,1-5H3,(H2,26,27,28,31). The number of aliphatic imine (C=N–C) groups is 1. The third-order valence-electron chi connectivity index (χ3n) is 5.14. The molecule has 1 amide bonds. The average Bonchev–Trinajstić information content (AvgIpc) is 3.21. The lowest BCUT2D eigenvalue weighted by atomic mass is 10.2. The molecule has 3 aromatic rings. The molecule has 0 radical (unpaired) electrons. The van der Waals surface area contributed by atoms with Crippen LogP contribution in [0.1, 0.15) is 35.0 Å². The van der Waals surface area contributed by atoms with E-state index in [1.54, 1.807) is 32.4 Å². The molecule has 0 aliphatic heterocycles. The number of hydrogen-bond acceptors (Lipinski definition) is 6. The van der Waals surface area contributed by atoms with Gasteiger partial charge in [-0.15, -0.1) is 0 Å². The molecular weight excluding hydrogens is 434 g/mol. The molecule has 0 spiro atoms. The highest BCUT2D eigenvalue weighted by Gasteiger charge is 2.14. The van der Waals surface area contributed by atoms with Crippen molar-refractivity contribution in [1.29, 1.82) is 0 Å². The molecule has 1 aromatic heterocycles. The summed E-state index contributed by atoms with van der Waals surface area (Å²) in [5.74, 6) is 1.73. The third kappa shape index (κ3) is 6.28. The van der Waals surface area contributed by atoms with Crippen LogP contribution in [0.15, 0.2) is 53.7 Å². The van der Waals surface area contributed by atoms with E-state index in [0.717, 1.165) is 35.7 Å². The fourth-order valence-corrected chi connectivity index (χ4v) is 3.30. The minimum Gasteiger partial charge on any atom is -0.497 e. The summed E-state index contributed by atoms with van der Waals surface area (Å²) in [6.07, 6.45) is 2.99. The van der Waals surface area contributed by atoms with Gasteiger partial charge in [0.15, 0.2) is 11.5 Å². The molecule has 9 nitrogen and oxygen atoms in total. The summed E-state index contributed by atoms with van der Waals surface area (Å²) in [5, 5.41) is 10.6. The number of hydrogen-bond donors (Lipinski definition) is 2. The Balaban J connectivity index is 1.84. The minimum atomic E-state index is -0.334. The second-order valence-electron chi connectivity index (χ2n) is 7.55. The number of carbonyl (C=O) groups is 1. The topological polar surface area (TPSA) is 99.0 Å². The first kappa shape index (κ1) is 24.6. The average molecular weight is 466 g/mol. The van der Waals surface area contributed by atoms with Gasteiger partial charge in [0.1, 0.15) is 5.75 Å². The van der Waals surface area contributed by atoms with E-state index in [2.05, 4.69) is 27.6 Å². The van der Waals surface area contributed by atoms with Crippen molar-refractivity contribution in [2.75, 3.05) is 26.6 Å². The van der Waals surface area contributed by atoms with Gasteiger partial charge in [0, 0.05) is 29.6 Å². The Labute approximate surface area is 199 Å². The van der Waals surface area contributed by atoms with Gasteiger partial charge in [-0.25, -0.2) is 4.99 Å². The number of aromatic nitrogens is 2. The first-order valence-corrected chi connectivity index (χ1v) is 11.0. The molecule has 2 N–H and O–H groups in total. The van der Waals surface area contributed by atoms with E-state index in [4.69, 9.17) is 14.2 Å². The molecule has 0 aliphatic carbocycles. The maximum Gasteiger partial charge on any atom is 0.258 e. The van der Waals surface area contributed by atoms with Crippen LogP contribution >= 0.6 is 0 Å². The maximum atomic E-state index is 13.0. The van der Waals surface area contributed by atoms with Crippen molar-refractivity contribution in [3.63, 3.8) is 0 Å². The van der Waals surface area contributed by atoms with E-state index in [9.17, 15) is 4.79 Å². The van der Waals surface area contributed by atoms with Gasteiger partial charge in [0.25, 0.3) is 5.91 Å². The lowest BCUT2D eigenvalue weighted by Crippen LogP contribution is -2.36. The Morgan fingerprint density at radius 2 is 1.76 bits per heavy atom. The van der Waals surface area contributed by atoms with Crippen LogP contribution in [0.3, 0.4) is 0 Å². The van der Waals surface area contributed by atoms with Gasteiger partial charge in [-0.2, -0.15) is 5.10 Å². The zero-order valence-electron chi connectivity index (χ0n) is 20.2. The molecule has 9 heteroatoms. The Morgan fingerprint density at radius 1 is 1.03 bits per heavy atom. The van der Waals surface area contributed by atoms with E-state index >= 15 is 0 Å². The number of rotatable bonds is 9. The second-order valence-corrected chi connectivity index (χ2v) is 7.55. The second kappa shape index (κ2) is 11.7. The summed E-state index contributed by atoms with van der Waals surface area (Å²) in [6.45, 7) is 5.27. The zero-order chi connectivity index (χ0) is 24.5. The van der Waals surface area contributed by atoms with Crippen LogP contribution in [0.25, 0.3) is 0 Å². The van der Waals surface area contributed by atoms with Gasteiger partial charge in [-0.3, -0.25) is 14.8 Å². The monoisotopic (exact) mass is 465 g/mol. The highest BCUT2D eigenvalue weighted by Crippen LogP contribution is 2.27. The van der Waals surface area contributed by atoms with Crippen molar-refractivity contribution in [1.82, 2.24) is 15.1 Å². The summed E-state index contributed by atoms with van der Waals surface area (Å²) >= 11 is 0. The van der Waals surface area contributed by atoms with E-state index in [1.807, 2.05) is 42.1 Å². The molecule has 0 atom stereocenters. The van der Waals surface area contributed by atoms with Crippen molar-refractivity contribution in [2.45, 2.75) is 33.4 Å². The van der Waals surface area contributed by atoms with Gasteiger partial charge in [0.2, 0.25) is 5.96 Å².